The van der Waals surface area contributed by atoms with Crippen molar-refractivity contribution in [2.24, 2.45) is 22.2 Å². The van der Waals surface area contributed by atoms with Crippen LogP contribution < -0.4 is 0 Å². The Morgan fingerprint density at radius 1 is 0.326 bits per heavy atom. The van der Waals surface area contributed by atoms with Gasteiger partial charge in [-0.05, 0) is 18.8 Å². The first-order chi connectivity index (χ1) is 22.5. The van der Waals surface area contributed by atoms with Crippen LogP contribution in [0, 0.1) is 22.2 Å². The predicted octanol–water partition coefficient (Wildman–Crippen LogP) is 7.44. The molecule has 0 heterocycles. The van der Waals surface area contributed by atoms with E-state index in [1.807, 2.05) is 0 Å². The van der Waals surface area contributed by atoms with Crippen molar-refractivity contribution in [3.63, 3.8) is 0 Å². The zero-order chi connectivity index (χ0) is 33.8. The van der Waals surface area contributed by atoms with Crippen LogP contribution in [-0.2, 0) is 0 Å². The fraction of sp³-hybridized carbons (Fsp3) is 1.00. The van der Waals surface area contributed by atoms with E-state index in [0.29, 0.717) is 19.3 Å². The fourth-order valence-electron chi connectivity index (χ4n) is 8.62. The number of aliphatic hydroxyl groups is 7. The monoisotopic (exact) mass is 659 g/mol. The first-order valence-electron chi connectivity index (χ1n) is 19.8. The second-order valence-electron chi connectivity index (χ2n) is 15.1. The van der Waals surface area contributed by atoms with E-state index in [1.54, 1.807) is 0 Å². The summed E-state index contributed by atoms with van der Waals surface area (Å²) in [6, 6.07) is 0. The maximum absolute atomic E-state index is 10.9. The van der Waals surface area contributed by atoms with E-state index in [-0.39, 0.29) is 6.61 Å². The lowest BCUT2D eigenvalue weighted by Gasteiger charge is -2.59. The maximum Gasteiger partial charge on any atom is 0.0523 e. The Balaban J connectivity index is 2.91. The summed E-state index contributed by atoms with van der Waals surface area (Å²) in [5, 5.41) is 75.5. The van der Waals surface area contributed by atoms with Crippen LogP contribution in [0.3, 0.4) is 0 Å². The van der Waals surface area contributed by atoms with Crippen LogP contribution in [0.4, 0.5) is 0 Å². The molecule has 1 rings (SSSR count). The van der Waals surface area contributed by atoms with Gasteiger partial charge in [0.2, 0.25) is 0 Å². The lowest BCUT2D eigenvalue weighted by atomic mass is 9.46. The normalized spacial score (nSPS) is 25.5. The van der Waals surface area contributed by atoms with Crippen molar-refractivity contribution in [2.75, 3.05) is 46.2 Å². The molecule has 0 aromatic rings. The Bertz CT molecular complexity index is 661. The van der Waals surface area contributed by atoms with Crippen molar-refractivity contribution >= 4 is 0 Å². The lowest BCUT2D eigenvalue weighted by Crippen LogP contribution is -2.66. The summed E-state index contributed by atoms with van der Waals surface area (Å²) in [4.78, 5) is 0. The van der Waals surface area contributed by atoms with E-state index >= 15 is 0 Å². The van der Waals surface area contributed by atoms with Gasteiger partial charge in [0.25, 0.3) is 0 Å². The highest BCUT2D eigenvalue weighted by Gasteiger charge is 2.63. The number of aliphatic hydroxyl groups excluding tert-OH is 7. The van der Waals surface area contributed by atoms with E-state index in [4.69, 9.17) is 0 Å². The molecule has 1 fully saturated rings. The van der Waals surface area contributed by atoms with Crippen LogP contribution in [0.5, 0.6) is 0 Å². The molecule has 7 nitrogen and oxygen atoms in total. The molecule has 0 aliphatic heterocycles. The molecule has 1 aliphatic rings. The smallest absolute Gasteiger partial charge is 0.0523 e. The number of rotatable bonds is 7. The van der Waals surface area contributed by atoms with Crippen LogP contribution in [0.1, 0.15) is 180 Å². The molecular weight excluding hydrogens is 580 g/mol. The molecule has 7 N–H and O–H groups in total. The first-order valence-corrected chi connectivity index (χ1v) is 19.8. The van der Waals surface area contributed by atoms with Gasteiger partial charge in [-0.1, -0.05) is 167 Å². The highest BCUT2D eigenvalue weighted by atomic mass is 16.3. The van der Waals surface area contributed by atoms with Gasteiger partial charge in [-0.25, -0.2) is 0 Å². The van der Waals surface area contributed by atoms with Crippen molar-refractivity contribution in [3.8, 4) is 0 Å². The second kappa shape index (κ2) is 27.5. The van der Waals surface area contributed by atoms with E-state index in [2.05, 4.69) is 0 Å². The zero-order valence-electron chi connectivity index (χ0n) is 30.0. The summed E-state index contributed by atoms with van der Waals surface area (Å²) < 4.78 is 0. The summed E-state index contributed by atoms with van der Waals surface area (Å²) in [6.07, 6.45) is 32.8. The maximum atomic E-state index is 10.9. The molecule has 0 aromatic heterocycles. The van der Waals surface area contributed by atoms with Gasteiger partial charge >= 0.3 is 0 Å². The van der Waals surface area contributed by atoms with Crippen LogP contribution in [0.25, 0.3) is 0 Å². The van der Waals surface area contributed by atoms with E-state index in [1.165, 1.54) is 122 Å². The molecule has 0 amide bonds. The fourth-order valence-corrected chi connectivity index (χ4v) is 8.62. The lowest BCUT2D eigenvalue weighted by molar-refractivity contribution is -0.234. The average molecular weight is 659 g/mol. The summed E-state index contributed by atoms with van der Waals surface area (Å²) >= 11 is 0. The molecule has 1 aliphatic carbocycles. The van der Waals surface area contributed by atoms with Crippen LogP contribution in [-0.4, -0.2) is 82.0 Å². The van der Waals surface area contributed by atoms with Gasteiger partial charge < -0.3 is 35.7 Å². The van der Waals surface area contributed by atoms with Crippen LogP contribution in [0.15, 0.2) is 0 Å². The Labute approximate surface area is 283 Å². The van der Waals surface area contributed by atoms with Gasteiger partial charge in [0.05, 0.1) is 39.6 Å². The van der Waals surface area contributed by atoms with Gasteiger partial charge in [-0.2, -0.15) is 0 Å². The first kappa shape index (κ1) is 43.7. The quantitative estimate of drug-likeness (QED) is 0.151. The Morgan fingerprint density at radius 2 is 0.609 bits per heavy atom. The second-order valence-corrected chi connectivity index (χ2v) is 15.1. The highest BCUT2D eigenvalue weighted by molar-refractivity contribution is 5.10. The third-order valence-electron chi connectivity index (χ3n) is 12.1. The van der Waals surface area contributed by atoms with E-state index < -0.39 is 61.8 Å². The van der Waals surface area contributed by atoms with Crippen molar-refractivity contribution < 1.29 is 35.7 Å². The van der Waals surface area contributed by atoms with Crippen molar-refractivity contribution in [1.82, 2.24) is 0 Å². The minimum Gasteiger partial charge on any atom is -0.396 e. The molecule has 0 spiro atoms. The van der Waals surface area contributed by atoms with Gasteiger partial charge in [-0.3, -0.25) is 0 Å². The topological polar surface area (TPSA) is 142 Å². The molecule has 7 heteroatoms. The van der Waals surface area contributed by atoms with Gasteiger partial charge in [-0.15, -0.1) is 0 Å². The third kappa shape index (κ3) is 13.9. The van der Waals surface area contributed by atoms with Crippen LogP contribution in [0.2, 0.25) is 0 Å². The Morgan fingerprint density at radius 3 is 0.848 bits per heavy atom. The summed E-state index contributed by atoms with van der Waals surface area (Å²) in [5.41, 5.74) is -4.39. The molecule has 0 aromatic carbocycles. The predicted molar refractivity (Wildman–Crippen MR) is 190 cm³/mol. The zero-order valence-corrected chi connectivity index (χ0v) is 30.0. The summed E-state index contributed by atoms with van der Waals surface area (Å²) in [5.74, 6) is -0.603. The van der Waals surface area contributed by atoms with Gasteiger partial charge in [0, 0.05) is 22.9 Å². The number of hydrogen-bond donors (Lipinski definition) is 7. The molecule has 0 bridgehead atoms. The van der Waals surface area contributed by atoms with Crippen molar-refractivity contribution in [3.05, 3.63) is 0 Å². The largest absolute Gasteiger partial charge is 0.396 e. The molecule has 1 atom stereocenters. The standard InChI is InChI=1S/C39H78O7/c40-29-36-27-25-23-21-19-17-15-13-11-9-7-5-3-1-2-4-6-8-10-12-14-16-18-20-22-24-26-28-37(30-41,31-42)39(34-45,35-46)38(36,32-43)33-44/h36,40-46H,1-35H2. The SMILES string of the molecule is OCC1CCCCCCCCCCCCCCCCCCCCCCCCCCCCC(CO)(CO)C(CO)(CO)C1(CO)CO. The van der Waals surface area contributed by atoms with Crippen LogP contribution >= 0.6 is 0 Å². The van der Waals surface area contributed by atoms with Gasteiger partial charge in [0.1, 0.15) is 0 Å². The van der Waals surface area contributed by atoms with Crippen molar-refractivity contribution in [1.29, 1.82) is 0 Å². The van der Waals surface area contributed by atoms with E-state index in [9.17, 15) is 35.7 Å². The third-order valence-corrected chi connectivity index (χ3v) is 12.1. The molecule has 276 valence electrons. The summed E-state index contributed by atoms with van der Waals surface area (Å²) in [6.45, 7) is -3.70. The van der Waals surface area contributed by atoms with Crippen molar-refractivity contribution in [2.45, 2.75) is 180 Å². The molecule has 1 saturated carbocycles. The molecular formula is C39H78O7. The average Bonchev–Trinajstić information content (AvgIpc) is 3.09. The minimum atomic E-state index is -1.58. The molecule has 46 heavy (non-hydrogen) atoms. The van der Waals surface area contributed by atoms with E-state index in [0.717, 1.165) is 38.5 Å². The summed E-state index contributed by atoms with van der Waals surface area (Å²) in [7, 11) is 0. The molecule has 0 saturated heterocycles. The number of hydrogen-bond acceptors (Lipinski definition) is 7. The Kier molecular flexibility index (Phi) is 26.2. The molecule has 0 radical (unpaired) electrons. The minimum absolute atomic E-state index is 0.324. The highest BCUT2D eigenvalue weighted by Crippen LogP contribution is 2.57. The Hall–Kier alpha value is -0.280. The molecule has 1 unspecified atom stereocenters. The van der Waals surface area contributed by atoms with Gasteiger partial charge in [0.15, 0.2) is 0 Å².